The van der Waals surface area contributed by atoms with E-state index in [1.165, 1.54) is 29.5 Å². The fourth-order valence-corrected chi connectivity index (χ4v) is 2.72. The summed E-state index contributed by atoms with van der Waals surface area (Å²) in [5, 5.41) is 9.07. The molecule has 0 amide bonds. The lowest BCUT2D eigenvalue weighted by Gasteiger charge is -2.09. The van der Waals surface area contributed by atoms with Gasteiger partial charge in [0.25, 0.3) is 0 Å². The molecule has 2 heterocycles. The molecule has 2 N–H and O–H groups in total. The van der Waals surface area contributed by atoms with Crippen LogP contribution in [0, 0.1) is 5.82 Å². The fraction of sp³-hybridized carbons (Fsp3) is 0.0769. The van der Waals surface area contributed by atoms with Gasteiger partial charge in [0.2, 0.25) is 5.95 Å². The van der Waals surface area contributed by atoms with Crippen molar-refractivity contribution in [3.63, 3.8) is 0 Å². The summed E-state index contributed by atoms with van der Waals surface area (Å²) in [5.74, 6) is 0.633. The topological polar surface area (TPSA) is 49.8 Å². The molecule has 0 unspecified atom stereocenters. The van der Waals surface area contributed by atoms with Gasteiger partial charge in [0.05, 0.1) is 11.1 Å². The maximum Gasteiger partial charge on any atom is 0.225 e. The molecule has 0 spiro atoms. The summed E-state index contributed by atoms with van der Waals surface area (Å²) in [7, 11) is 1.73. The molecule has 0 aliphatic carbocycles. The Morgan fingerprint density at radius 3 is 2.90 bits per heavy atom. The van der Waals surface area contributed by atoms with Gasteiger partial charge in [-0.15, -0.1) is 11.3 Å². The van der Waals surface area contributed by atoms with Crippen LogP contribution >= 0.6 is 22.9 Å². The first kappa shape index (κ1) is 13.1. The van der Waals surface area contributed by atoms with Crippen LogP contribution in [0.3, 0.4) is 0 Å². The zero-order valence-electron chi connectivity index (χ0n) is 10.4. The minimum Gasteiger partial charge on any atom is -0.357 e. The summed E-state index contributed by atoms with van der Waals surface area (Å²) in [6, 6.07) is 6.23. The number of benzene rings is 1. The number of anilines is 3. The van der Waals surface area contributed by atoms with E-state index in [9.17, 15) is 4.39 Å². The van der Waals surface area contributed by atoms with Gasteiger partial charge in [0.15, 0.2) is 0 Å². The summed E-state index contributed by atoms with van der Waals surface area (Å²) < 4.78 is 13.8. The van der Waals surface area contributed by atoms with Gasteiger partial charge in [0, 0.05) is 12.1 Å². The van der Waals surface area contributed by atoms with Crippen LogP contribution in [0.1, 0.15) is 0 Å². The predicted molar refractivity (Wildman–Crippen MR) is 81.7 cm³/mol. The molecule has 0 saturated heterocycles. The van der Waals surface area contributed by atoms with E-state index < -0.39 is 0 Å². The number of rotatable bonds is 3. The minimum atomic E-state index is -0.387. The SMILES string of the molecule is CNc1nc(Nc2cc(Cl)ccc2F)c2ccsc2n1. The molecule has 4 nitrogen and oxygen atoms in total. The van der Waals surface area contributed by atoms with E-state index in [0.29, 0.717) is 16.8 Å². The Kier molecular flexibility index (Phi) is 3.42. The van der Waals surface area contributed by atoms with Crippen LogP contribution in [-0.2, 0) is 0 Å². The largest absolute Gasteiger partial charge is 0.357 e. The molecule has 2 aromatic heterocycles. The van der Waals surface area contributed by atoms with E-state index in [4.69, 9.17) is 11.6 Å². The molecular weight excluding hydrogens is 299 g/mol. The summed E-state index contributed by atoms with van der Waals surface area (Å²) in [5.41, 5.74) is 0.283. The third-order valence-corrected chi connectivity index (χ3v) is 3.77. The monoisotopic (exact) mass is 308 g/mol. The average Bonchev–Trinajstić information content (AvgIpc) is 2.91. The van der Waals surface area contributed by atoms with Crippen molar-refractivity contribution in [2.75, 3.05) is 17.7 Å². The van der Waals surface area contributed by atoms with E-state index in [1.807, 2.05) is 11.4 Å². The number of aromatic nitrogens is 2. The number of nitrogens with zero attached hydrogens (tertiary/aromatic N) is 2. The molecule has 0 aliphatic rings. The van der Waals surface area contributed by atoms with Gasteiger partial charge in [-0.2, -0.15) is 4.98 Å². The first-order chi connectivity index (χ1) is 9.67. The Bertz CT molecular complexity index is 774. The van der Waals surface area contributed by atoms with E-state index >= 15 is 0 Å². The second-order valence-electron chi connectivity index (χ2n) is 4.03. The summed E-state index contributed by atoms with van der Waals surface area (Å²) >= 11 is 7.39. The van der Waals surface area contributed by atoms with Crippen molar-refractivity contribution in [2.24, 2.45) is 0 Å². The Hall–Kier alpha value is -1.92. The standard InChI is InChI=1S/C13H10ClFN4S/c1-16-13-18-11(8-4-5-20-12(8)19-13)17-10-6-7(14)2-3-9(10)15/h2-6H,1H3,(H2,16,17,18,19). The van der Waals surface area contributed by atoms with Crippen LogP contribution in [0.4, 0.5) is 21.8 Å². The maximum atomic E-state index is 13.8. The first-order valence-corrected chi connectivity index (χ1v) is 7.08. The Morgan fingerprint density at radius 1 is 1.25 bits per heavy atom. The molecule has 0 fully saturated rings. The lowest BCUT2D eigenvalue weighted by Crippen LogP contribution is -2.01. The van der Waals surface area contributed by atoms with Crippen LogP contribution < -0.4 is 10.6 Å². The molecule has 0 radical (unpaired) electrons. The van der Waals surface area contributed by atoms with Crippen LogP contribution in [0.25, 0.3) is 10.2 Å². The first-order valence-electron chi connectivity index (χ1n) is 5.82. The number of hydrogen-bond acceptors (Lipinski definition) is 5. The molecule has 3 rings (SSSR count). The molecule has 0 aliphatic heterocycles. The molecule has 7 heteroatoms. The van der Waals surface area contributed by atoms with Crippen molar-refractivity contribution in [1.29, 1.82) is 0 Å². The second kappa shape index (κ2) is 5.22. The highest BCUT2D eigenvalue weighted by atomic mass is 35.5. The van der Waals surface area contributed by atoms with Crippen LogP contribution in [0.2, 0.25) is 5.02 Å². The van der Waals surface area contributed by atoms with Crippen LogP contribution in [0.5, 0.6) is 0 Å². The second-order valence-corrected chi connectivity index (χ2v) is 5.37. The molecule has 102 valence electrons. The quantitative estimate of drug-likeness (QED) is 0.758. The smallest absolute Gasteiger partial charge is 0.225 e. The van der Waals surface area contributed by atoms with Gasteiger partial charge in [-0.3, -0.25) is 0 Å². The summed E-state index contributed by atoms with van der Waals surface area (Å²) in [4.78, 5) is 9.48. The normalized spacial score (nSPS) is 10.8. The molecule has 20 heavy (non-hydrogen) atoms. The summed E-state index contributed by atoms with van der Waals surface area (Å²) in [6.45, 7) is 0. The Labute approximate surface area is 123 Å². The molecule has 1 aromatic carbocycles. The maximum absolute atomic E-state index is 13.8. The van der Waals surface area contributed by atoms with E-state index in [0.717, 1.165) is 10.2 Å². The molecule has 0 saturated carbocycles. The number of thiophene rings is 1. The third-order valence-electron chi connectivity index (χ3n) is 2.73. The number of fused-ring (bicyclic) bond motifs is 1. The van der Waals surface area contributed by atoms with Crippen molar-refractivity contribution in [2.45, 2.75) is 0 Å². The van der Waals surface area contributed by atoms with Crippen molar-refractivity contribution in [3.05, 3.63) is 40.5 Å². The van der Waals surface area contributed by atoms with Gasteiger partial charge in [-0.05, 0) is 29.6 Å². The van der Waals surface area contributed by atoms with Crippen LogP contribution in [-0.4, -0.2) is 17.0 Å². The highest BCUT2D eigenvalue weighted by Gasteiger charge is 2.11. The van der Waals surface area contributed by atoms with Gasteiger partial charge in [-0.1, -0.05) is 11.6 Å². The van der Waals surface area contributed by atoms with E-state index in [-0.39, 0.29) is 11.5 Å². The van der Waals surface area contributed by atoms with E-state index in [2.05, 4.69) is 20.6 Å². The fourth-order valence-electron chi connectivity index (χ4n) is 1.78. The van der Waals surface area contributed by atoms with Crippen molar-refractivity contribution >= 4 is 50.6 Å². The average molecular weight is 309 g/mol. The van der Waals surface area contributed by atoms with Gasteiger partial charge >= 0.3 is 0 Å². The lowest BCUT2D eigenvalue weighted by molar-refractivity contribution is 0.632. The summed E-state index contributed by atoms with van der Waals surface area (Å²) in [6.07, 6.45) is 0. The highest BCUT2D eigenvalue weighted by Crippen LogP contribution is 2.30. The van der Waals surface area contributed by atoms with E-state index in [1.54, 1.807) is 7.05 Å². The number of hydrogen-bond donors (Lipinski definition) is 2. The molecule has 0 bridgehead atoms. The van der Waals surface area contributed by atoms with Crippen molar-refractivity contribution < 1.29 is 4.39 Å². The molecule has 3 aromatic rings. The molecule has 0 atom stereocenters. The Balaban J connectivity index is 2.09. The lowest BCUT2D eigenvalue weighted by atomic mass is 10.3. The zero-order chi connectivity index (χ0) is 14.1. The van der Waals surface area contributed by atoms with Crippen molar-refractivity contribution in [1.82, 2.24) is 9.97 Å². The number of halogens is 2. The van der Waals surface area contributed by atoms with Gasteiger partial charge in [0.1, 0.15) is 16.5 Å². The Morgan fingerprint density at radius 2 is 2.10 bits per heavy atom. The zero-order valence-corrected chi connectivity index (χ0v) is 12.0. The van der Waals surface area contributed by atoms with Crippen molar-refractivity contribution in [3.8, 4) is 0 Å². The predicted octanol–water partition coefficient (Wildman–Crippen LogP) is 4.27. The van der Waals surface area contributed by atoms with Gasteiger partial charge in [-0.25, -0.2) is 9.37 Å². The minimum absolute atomic E-state index is 0.283. The number of nitrogens with one attached hydrogen (secondary N) is 2. The van der Waals surface area contributed by atoms with Crippen LogP contribution in [0.15, 0.2) is 29.6 Å². The third kappa shape index (κ3) is 2.39. The van der Waals surface area contributed by atoms with Gasteiger partial charge < -0.3 is 10.6 Å². The molecular formula is C13H10ClFN4S. The highest BCUT2D eigenvalue weighted by molar-refractivity contribution is 7.16.